The Bertz CT molecular complexity index is 1410. The first kappa shape index (κ1) is 27.0. The molecule has 1 N–H and O–H groups in total. The summed E-state index contributed by atoms with van der Waals surface area (Å²) in [6.07, 6.45) is 1.76. The van der Waals surface area contributed by atoms with Crippen molar-refractivity contribution < 1.29 is 19.1 Å². The normalized spacial score (nSPS) is 14.3. The van der Waals surface area contributed by atoms with Gasteiger partial charge in [0.1, 0.15) is 0 Å². The Morgan fingerprint density at radius 1 is 1.08 bits per heavy atom. The first-order valence-corrected chi connectivity index (χ1v) is 13.2. The van der Waals surface area contributed by atoms with Gasteiger partial charge in [0, 0.05) is 0 Å². The number of amides is 2. The molecule has 37 heavy (non-hydrogen) atoms. The molecule has 0 aromatic heterocycles. The number of para-hydroxylation sites is 1. The molecule has 3 aromatic carbocycles. The first-order chi connectivity index (χ1) is 17.8. The SMILES string of the molecule is CCOc1cc(/C=C2\SC(=S)N(c3ccccc3C)C2=O)ccc1OCC(=O)Nc1cccc(Cl)c1Cl. The van der Waals surface area contributed by atoms with E-state index in [0.717, 1.165) is 16.8 Å². The Hall–Kier alpha value is -3.04. The summed E-state index contributed by atoms with van der Waals surface area (Å²) in [4.78, 5) is 27.6. The molecule has 1 aliphatic rings. The summed E-state index contributed by atoms with van der Waals surface area (Å²) in [6, 6.07) is 17.8. The zero-order valence-electron chi connectivity index (χ0n) is 19.9. The van der Waals surface area contributed by atoms with E-state index in [2.05, 4.69) is 5.32 Å². The van der Waals surface area contributed by atoms with Crippen LogP contribution < -0.4 is 19.7 Å². The van der Waals surface area contributed by atoms with Gasteiger partial charge in [0.2, 0.25) is 0 Å². The van der Waals surface area contributed by atoms with Crippen molar-refractivity contribution in [3.05, 3.63) is 86.7 Å². The lowest BCUT2D eigenvalue weighted by Gasteiger charge is -2.16. The van der Waals surface area contributed by atoms with Crippen molar-refractivity contribution in [2.45, 2.75) is 13.8 Å². The molecule has 0 radical (unpaired) electrons. The molecular weight excluding hydrogens is 551 g/mol. The third-order valence-corrected chi connectivity index (χ3v) is 7.42. The third-order valence-electron chi connectivity index (χ3n) is 5.30. The van der Waals surface area contributed by atoms with Gasteiger partial charge in [0.25, 0.3) is 11.8 Å². The Balaban J connectivity index is 1.49. The van der Waals surface area contributed by atoms with Crippen molar-refractivity contribution in [2.24, 2.45) is 0 Å². The molecule has 2 amide bonds. The number of nitrogens with zero attached hydrogens (tertiary/aromatic N) is 1. The monoisotopic (exact) mass is 572 g/mol. The van der Waals surface area contributed by atoms with E-state index in [0.29, 0.717) is 38.0 Å². The van der Waals surface area contributed by atoms with E-state index in [1.165, 1.54) is 11.8 Å². The van der Waals surface area contributed by atoms with Gasteiger partial charge in [-0.2, -0.15) is 0 Å². The number of ether oxygens (including phenoxy) is 2. The van der Waals surface area contributed by atoms with E-state index in [1.807, 2.05) is 38.1 Å². The smallest absolute Gasteiger partial charge is 0.270 e. The molecule has 0 unspecified atom stereocenters. The van der Waals surface area contributed by atoms with Gasteiger partial charge in [-0.15, -0.1) is 0 Å². The molecule has 1 heterocycles. The van der Waals surface area contributed by atoms with E-state index < -0.39 is 5.91 Å². The van der Waals surface area contributed by atoms with Gasteiger partial charge in [0.15, 0.2) is 22.4 Å². The summed E-state index contributed by atoms with van der Waals surface area (Å²) in [5.41, 5.74) is 2.86. The van der Waals surface area contributed by atoms with Crippen molar-refractivity contribution >= 4 is 80.8 Å². The summed E-state index contributed by atoms with van der Waals surface area (Å²) < 4.78 is 11.9. The minimum atomic E-state index is -0.407. The van der Waals surface area contributed by atoms with Crippen LogP contribution in [-0.2, 0) is 9.59 Å². The van der Waals surface area contributed by atoms with Crippen LogP contribution in [0.4, 0.5) is 11.4 Å². The van der Waals surface area contributed by atoms with Gasteiger partial charge in [-0.3, -0.25) is 14.5 Å². The van der Waals surface area contributed by atoms with Gasteiger partial charge in [-0.05, 0) is 61.4 Å². The molecule has 3 aromatic rings. The minimum absolute atomic E-state index is 0.182. The predicted octanol–water partition coefficient (Wildman–Crippen LogP) is 7.12. The van der Waals surface area contributed by atoms with Crippen molar-refractivity contribution in [1.82, 2.24) is 0 Å². The predicted molar refractivity (Wildman–Crippen MR) is 155 cm³/mol. The number of rotatable bonds is 8. The molecule has 1 fully saturated rings. The fourth-order valence-electron chi connectivity index (χ4n) is 3.57. The number of benzene rings is 3. The largest absolute Gasteiger partial charge is 0.490 e. The third kappa shape index (κ3) is 6.27. The van der Waals surface area contributed by atoms with E-state index in [4.69, 9.17) is 44.9 Å². The lowest BCUT2D eigenvalue weighted by molar-refractivity contribution is -0.118. The molecule has 1 saturated heterocycles. The number of anilines is 2. The Morgan fingerprint density at radius 2 is 1.86 bits per heavy atom. The van der Waals surface area contributed by atoms with Crippen LogP contribution in [0.15, 0.2) is 65.6 Å². The van der Waals surface area contributed by atoms with Crippen molar-refractivity contribution in [3.8, 4) is 11.5 Å². The minimum Gasteiger partial charge on any atom is -0.490 e. The zero-order valence-corrected chi connectivity index (χ0v) is 23.1. The van der Waals surface area contributed by atoms with Crippen LogP contribution in [0.3, 0.4) is 0 Å². The molecule has 0 spiro atoms. The van der Waals surface area contributed by atoms with Crippen LogP contribution in [0.1, 0.15) is 18.1 Å². The van der Waals surface area contributed by atoms with Crippen molar-refractivity contribution in [1.29, 1.82) is 0 Å². The van der Waals surface area contributed by atoms with Gasteiger partial charge in [-0.25, -0.2) is 0 Å². The lowest BCUT2D eigenvalue weighted by Crippen LogP contribution is -2.28. The van der Waals surface area contributed by atoms with Crippen LogP contribution in [0.2, 0.25) is 10.0 Å². The quantitative estimate of drug-likeness (QED) is 0.229. The van der Waals surface area contributed by atoms with E-state index >= 15 is 0 Å². The number of thiocarbonyl (C=S) groups is 1. The highest BCUT2D eigenvalue weighted by molar-refractivity contribution is 8.27. The molecule has 0 aliphatic carbocycles. The number of aryl methyl sites for hydroxylation is 1. The molecule has 0 bridgehead atoms. The van der Waals surface area contributed by atoms with Crippen LogP contribution in [0, 0.1) is 6.92 Å². The number of hydrogen-bond donors (Lipinski definition) is 1. The molecule has 0 saturated carbocycles. The number of carbonyl (C=O) groups excluding carboxylic acids is 2. The second kappa shape index (κ2) is 12.0. The maximum Gasteiger partial charge on any atom is 0.270 e. The molecular formula is C27H22Cl2N2O4S2. The number of carbonyl (C=O) groups is 2. The Labute approximate surface area is 234 Å². The maximum absolute atomic E-state index is 13.2. The molecule has 0 atom stereocenters. The summed E-state index contributed by atoms with van der Waals surface area (Å²) in [6.45, 7) is 3.91. The van der Waals surface area contributed by atoms with Crippen LogP contribution in [0.25, 0.3) is 6.08 Å². The van der Waals surface area contributed by atoms with Crippen molar-refractivity contribution in [2.75, 3.05) is 23.4 Å². The maximum atomic E-state index is 13.2. The first-order valence-electron chi connectivity index (χ1n) is 11.3. The van der Waals surface area contributed by atoms with Crippen LogP contribution in [0.5, 0.6) is 11.5 Å². The van der Waals surface area contributed by atoms with E-state index in [9.17, 15) is 9.59 Å². The topological polar surface area (TPSA) is 67.9 Å². The highest BCUT2D eigenvalue weighted by atomic mass is 35.5. The van der Waals surface area contributed by atoms with Crippen LogP contribution in [-0.4, -0.2) is 29.3 Å². The number of halogens is 2. The van der Waals surface area contributed by atoms with Gasteiger partial charge >= 0.3 is 0 Å². The van der Waals surface area contributed by atoms with E-state index in [-0.39, 0.29) is 17.5 Å². The highest BCUT2D eigenvalue weighted by Gasteiger charge is 2.34. The average Bonchev–Trinajstić information content (AvgIpc) is 3.14. The number of thioether (sulfide) groups is 1. The molecule has 4 rings (SSSR count). The summed E-state index contributed by atoms with van der Waals surface area (Å²) in [5, 5.41) is 3.27. The Kier molecular flexibility index (Phi) is 8.76. The summed E-state index contributed by atoms with van der Waals surface area (Å²) in [5.74, 6) is 0.243. The zero-order chi connectivity index (χ0) is 26.5. The fraction of sp³-hybridized carbons (Fsp3) is 0.148. The molecule has 6 nitrogen and oxygen atoms in total. The number of hydrogen-bond acceptors (Lipinski definition) is 6. The van der Waals surface area contributed by atoms with Gasteiger partial charge < -0.3 is 14.8 Å². The summed E-state index contributed by atoms with van der Waals surface area (Å²) in [7, 11) is 0. The standard InChI is InChI=1S/C27H22Cl2N2O4S2/c1-3-34-22-13-17(14-23-26(33)31(27(36)37-23)20-10-5-4-7-16(20)2)11-12-21(22)35-15-24(32)30-19-9-6-8-18(28)25(19)29/h4-14H,3,15H2,1-2H3,(H,30,32)/b23-14-. The van der Waals surface area contributed by atoms with Crippen molar-refractivity contribution in [3.63, 3.8) is 0 Å². The second-order valence-electron chi connectivity index (χ2n) is 7.88. The molecule has 10 heteroatoms. The summed E-state index contributed by atoms with van der Waals surface area (Å²) >= 11 is 18.9. The lowest BCUT2D eigenvalue weighted by atomic mass is 10.1. The highest BCUT2D eigenvalue weighted by Crippen LogP contribution is 2.38. The average molecular weight is 574 g/mol. The van der Waals surface area contributed by atoms with E-state index in [1.54, 1.807) is 47.4 Å². The second-order valence-corrected chi connectivity index (χ2v) is 10.3. The Morgan fingerprint density at radius 3 is 2.62 bits per heavy atom. The van der Waals surface area contributed by atoms with Gasteiger partial charge in [-0.1, -0.05) is 77.5 Å². The van der Waals surface area contributed by atoms with Crippen LogP contribution >= 0.6 is 47.2 Å². The molecule has 1 aliphatic heterocycles. The van der Waals surface area contributed by atoms with Gasteiger partial charge in [0.05, 0.1) is 32.9 Å². The number of nitrogens with one attached hydrogen (secondary N) is 1. The molecule has 190 valence electrons. The fourth-order valence-corrected chi connectivity index (χ4v) is 5.21.